The van der Waals surface area contributed by atoms with Crippen molar-refractivity contribution in [3.63, 3.8) is 0 Å². The van der Waals surface area contributed by atoms with Crippen LogP contribution in [0, 0.1) is 18.3 Å². The van der Waals surface area contributed by atoms with E-state index in [-0.39, 0.29) is 0 Å². The lowest BCUT2D eigenvalue weighted by Gasteiger charge is -2.03. The standard InChI is InChI=1S/C12H11N3/c1-10-7-15(9-14-10)8-12-5-3-2-4-11(12)6-13/h2-5,7,9H,8H2,1H3. The molecule has 0 saturated heterocycles. The fraction of sp³-hybridized carbons (Fsp3) is 0.167. The van der Waals surface area contributed by atoms with Gasteiger partial charge in [-0.1, -0.05) is 18.2 Å². The van der Waals surface area contributed by atoms with Crippen molar-refractivity contribution in [3.05, 3.63) is 53.6 Å². The molecule has 0 aliphatic rings. The summed E-state index contributed by atoms with van der Waals surface area (Å²) in [5.41, 5.74) is 2.74. The van der Waals surface area contributed by atoms with E-state index in [1.165, 1.54) is 0 Å². The first-order chi connectivity index (χ1) is 7.29. The Hall–Kier alpha value is -2.08. The van der Waals surface area contributed by atoms with Gasteiger partial charge in [-0.05, 0) is 18.6 Å². The third-order valence-electron chi connectivity index (χ3n) is 2.25. The van der Waals surface area contributed by atoms with Gasteiger partial charge in [-0.15, -0.1) is 0 Å². The normalized spacial score (nSPS) is 9.87. The van der Waals surface area contributed by atoms with Crippen molar-refractivity contribution in [3.8, 4) is 6.07 Å². The van der Waals surface area contributed by atoms with E-state index in [1.54, 1.807) is 6.33 Å². The summed E-state index contributed by atoms with van der Waals surface area (Å²) in [4.78, 5) is 4.15. The van der Waals surface area contributed by atoms with E-state index < -0.39 is 0 Å². The van der Waals surface area contributed by atoms with Crippen LogP contribution < -0.4 is 0 Å². The summed E-state index contributed by atoms with van der Waals surface area (Å²) < 4.78 is 1.98. The van der Waals surface area contributed by atoms with Crippen molar-refractivity contribution in [2.24, 2.45) is 0 Å². The van der Waals surface area contributed by atoms with Gasteiger partial charge in [-0.2, -0.15) is 5.26 Å². The van der Waals surface area contributed by atoms with E-state index in [0.29, 0.717) is 6.54 Å². The van der Waals surface area contributed by atoms with Crippen LogP contribution in [0.25, 0.3) is 0 Å². The van der Waals surface area contributed by atoms with Gasteiger partial charge in [0, 0.05) is 12.7 Å². The summed E-state index contributed by atoms with van der Waals surface area (Å²) in [5.74, 6) is 0. The zero-order chi connectivity index (χ0) is 10.7. The van der Waals surface area contributed by atoms with Crippen LogP contribution >= 0.6 is 0 Å². The van der Waals surface area contributed by atoms with Gasteiger partial charge in [-0.3, -0.25) is 0 Å². The molecule has 0 bridgehead atoms. The second-order valence-corrected chi connectivity index (χ2v) is 3.46. The Bertz CT molecular complexity index is 506. The molecule has 0 saturated carbocycles. The average molecular weight is 197 g/mol. The smallest absolute Gasteiger partial charge is 0.0995 e. The quantitative estimate of drug-likeness (QED) is 0.739. The monoisotopic (exact) mass is 197 g/mol. The Morgan fingerprint density at radius 1 is 1.40 bits per heavy atom. The molecule has 74 valence electrons. The lowest BCUT2D eigenvalue weighted by atomic mass is 10.1. The predicted octanol–water partition coefficient (Wildman–Crippen LogP) is 2.11. The first-order valence-corrected chi connectivity index (χ1v) is 4.76. The Morgan fingerprint density at radius 3 is 2.87 bits per heavy atom. The molecule has 0 aliphatic heterocycles. The zero-order valence-corrected chi connectivity index (χ0v) is 8.51. The molecule has 1 aromatic carbocycles. The molecule has 0 amide bonds. The molecule has 3 heteroatoms. The molecule has 0 spiro atoms. The summed E-state index contributed by atoms with van der Waals surface area (Å²) >= 11 is 0. The predicted molar refractivity (Wildman–Crippen MR) is 57.2 cm³/mol. The maximum Gasteiger partial charge on any atom is 0.0995 e. The Labute approximate surface area is 88.6 Å². The Kier molecular flexibility index (Phi) is 2.51. The molecule has 2 rings (SSSR count). The molecule has 0 radical (unpaired) electrons. The summed E-state index contributed by atoms with van der Waals surface area (Å²) in [7, 11) is 0. The van der Waals surface area contributed by atoms with Crippen molar-refractivity contribution < 1.29 is 0 Å². The molecule has 1 aromatic heterocycles. The minimum absolute atomic E-state index is 0.699. The van der Waals surface area contributed by atoms with Crippen LogP contribution in [-0.4, -0.2) is 9.55 Å². The van der Waals surface area contributed by atoms with E-state index in [1.807, 2.05) is 42.0 Å². The largest absolute Gasteiger partial charge is 0.333 e. The third-order valence-corrected chi connectivity index (χ3v) is 2.25. The lowest BCUT2D eigenvalue weighted by Crippen LogP contribution is -1.98. The maximum absolute atomic E-state index is 8.93. The summed E-state index contributed by atoms with van der Waals surface area (Å²) in [6.07, 6.45) is 3.75. The van der Waals surface area contributed by atoms with E-state index in [0.717, 1.165) is 16.8 Å². The van der Waals surface area contributed by atoms with Gasteiger partial charge in [0.25, 0.3) is 0 Å². The van der Waals surface area contributed by atoms with Crippen molar-refractivity contribution in [1.82, 2.24) is 9.55 Å². The van der Waals surface area contributed by atoms with Crippen LogP contribution in [0.4, 0.5) is 0 Å². The summed E-state index contributed by atoms with van der Waals surface area (Å²) in [5, 5.41) is 8.93. The van der Waals surface area contributed by atoms with Crippen molar-refractivity contribution in [2.45, 2.75) is 13.5 Å². The van der Waals surface area contributed by atoms with Gasteiger partial charge in [0.2, 0.25) is 0 Å². The number of aromatic nitrogens is 2. The number of aryl methyl sites for hydroxylation is 1. The highest BCUT2D eigenvalue weighted by Gasteiger charge is 2.01. The van der Waals surface area contributed by atoms with Crippen molar-refractivity contribution >= 4 is 0 Å². The molecule has 3 nitrogen and oxygen atoms in total. The molecular formula is C12H11N3. The number of hydrogen-bond donors (Lipinski definition) is 0. The number of nitriles is 1. The molecular weight excluding hydrogens is 186 g/mol. The number of imidazole rings is 1. The van der Waals surface area contributed by atoms with E-state index in [4.69, 9.17) is 5.26 Å². The molecule has 0 atom stereocenters. The van der Waals surface area contributed by atoms with Gasteiger partial charge < -0.3 is 4.57 Å². The summed E-state index contributed by atoms with van der Waals surface area (Å²) in [6, 6.07) is 9.81. The second kappa shape index (κ2) is 3.97. The van der Waals surface area contributed by atoms with Gasteiger partial charge in [0.05, 0.1) is 23.7 Å². The summed E-state index contributed by atoms with van der Waals surface area (Å²) in [6.45, 7) is 2.65. The van der Waals surface area contributed by atoms with Crippen molar-refractivity contribution in [1.29, 1.82) is 5.26 Å². The fourth-order valence-corrected chi connectivity index (χ4v) is 1.52. The van der Waals surface area contributed by atoms with Crippen LogP contribution in [-0.2, 0) is 6.54 Å². The van der Waals surface area contributed by atoms with Crippen LogP contribution in [0.15, 0.2) is 36.8 Å². The van der Waals surface area contributed by atoms with Crippen molar-refractivity contribution in [2.75, 3.05) is 0 Å². The molecule has 2 aromatic rings. The molecule has 1 heterocycles. The highest BCUT2D eigenvalue weighted by molar-refractivity contribution is 5.37. The molecule has 0 fully saturated rings. The number of hydrogen-bond acceptors (Lipinski definition) is 2. The topological polar surface area (TPSA) is 41.6 Å². The molecule has 0 unspecified atom stereocenters. The van der Waals surface area contributed by atoms with Crippen LogP contribution in [0.3, 0.4) is 0 Å². The number of rotatable bonds is 2. The maximum atomic E-state index is 8.93. The van der Waals surface area contributed by atoms with Gasteiger partial charge in [0.1, 0.15) is 0 Å². The van der Waals surface area contributed by atoms with E-state index in [2.05, 4.69) is 11.1 Å². The Balaban J connectivity index is 2.28. The minimum Gasteiger partial charge on any atom is -0.333 e. The first-order valence-electron chi connectivity index (χ1n) is 4.76. The molecule has 15 heavy (non-hydrogen) atoms. The molecule has 0 aliphatic carbocycles. The zero-order valence-electron chi connectivity index (χ0n) is 8.51. The fourth-order valence-electron chi connectivity index (χ4n) is 1.52. The highest BCUT2D eigenvalue weighted by atomic mass is 15.0. The number of benzene rings is 1. The Morgan fingerprint density at radius 2 is 2.20 bits per heavy atom. The second-order valence-electron chi connectivity index (χ2n) is 3.46. The van der Waals surface area contributed by atoms with E-state index >= 15 is 0 Å². The van der Waals surface area contributed by atoms with E-state index in [9.17, 15) is 0 Å². The van der Waals surface area contributed by atoms with Crippen LogP contribution in [0.5, 0.6) is 0 Å². The SMILES string of the molecule is Cc1cn(Cc2ccccc2C#N)cn1. The van der Waals surface area contributed by atoms with Gasteiger partial charge >= 0.3 is 0 Å². The van der Waals surface area contributed by atoms with Gasteiger partial charge in [0.15, 0.2) is 0 Å². The van der Waals surface area contributed by atoms with Crippen LogP contribution in [0.2, 0.25) is 0 Å². The van der Waals surface area contributed by atoms with Gasteiger partial charge in [-0.25, -0.2) is 4.98 Å². The number of nitrogens with zero attached hydrogens (tertiary/aromatic N) is 3. The molecule has 0 N–H and O–H groups in total. The van der Waals surface area contributed by atoms with Crippen LogP contribution in [0.1, 0.15) is 16.8 Å². The lowest BCUT2D eigenvalue weighted by molar-refractivity contribution is 0.795. The third kappa shape index (κ3) is 2.05. The minimum atomic E-state index is 0.699. The average Bonchev–Trinajstić information content (AvgIpc) is 2.65. The first kappa shape index (κ1) is 9.47. The highest BCUT2D eigenvalue weighted by Crippen LogP contribution is 2.09.